The van der Waals surface area contributed by atoms with Crippen molar-refractivity contribution in [3.05, 3.63) is 81.9 Å². The molecular weight excluding hydrogens is 492 g/mol. The van der Waals surface area contributed by atoms with Crippen molar-refractivity contribution >= 4 is 0 Å². The van der Waals surface area contributed by atoms with E-state index in [0.29, 0.717) is 18.6 Å². The second-order valence-corrected chi connectivity index (χ2v) is 11.8. The standard InChI is InChI=1S/C33H44O6/c1-20(2)9-6-10-21(3)11-7-12-22(4)13-8-14-33(5)26-19-29(37)28(36)17-24(26)32-31(39-33)18-25-27(35)15-23(34)16-30(25)38-32/h9,11,13,15-17,19,25,27,31-32,34-37H,6-8,10,12,14,18H2,1-5H3/b21-11+,22-13+/t25?,27?,31-,32+,33?/m0/s1. The van der Waals surface area contributed by atoms with Crippen molar-refractivity contribution in [2.24, 2.45) is 5.92 Å². The minimum absolute atomic E-state index is 0.0286. The molecule has 0 amide bonds. The van der Waals surface area contributed by atoms with E-state index in [1.165, 1.54) is 28.9 Å². The quantitative estimate of drug-likeness (QED) is 0.191. The van der Waals surface area contributed by atoms with Crippen molar-refractivity contribution in [2.45, 2.75) is 103 Å². The average molecular weight is 537 g/mol. The molecule has 0 spiro atoms. The number of phenols is 2. The fourth-order valence-electron chi connectivity index (χ4n) is 5.92. The van der Waals surface area contributed by atoms with Gasteiger partial charge in [0, 0.05) is 17.6 Å². The Morgan fingerprint density at radius 1 is 0.949 bits per heavy atom. The van der Waals surface area contributed by atoms with Gasteiger partial charge in [-0.05, 0) is 103 Å². The van der Waals surface area contributed by atoms with E-state index in [0.717, 1.165) is 43.2 Å². The highest BCUT2D eigenvalue weighted by Crippen LogP contribution is 2.53. The molecule has 4 N–H and O–H groups in total. The van der Waals surface area contributed by atoms with Crippen LogP contribution >= 0.6 is 0 Å². The number of hydrogen-bond acceptors (Lipinski definition) is 6. The van der Waals surface area contributed by atoms with Crippen LogP contribution in [-0.2, 0) is 15.1 Å². The zero-order valence-corrected chi connectivity index (χ0v) is 23.9. The molecule has 1 aliphatic carbocycles. The van der Waals surface area contributed by atoms with Gasteiger partial charge in [-0.1, -0.05) is 34.9 Å². The Morgan fingerprint density at radius 2 is 1.59 bits per heavy atom. The van der Waals surface area contributed by atoms with Crippen molar-refractivity contribution in [2.75, 3.05) is 0 Å². The summed E-state index contributed by atoms with van der Waals surface area (Å²) in [6, 6.07) is 3.14. The monoisotopic (exact) mass is 536 g/mol. The third-order valence-corrected chi connectivity index (χ3v) is 8.17. The van der Waals surface area contributed by atoms with Crippen molar-refractivity contribution in [3.8, 4) is 11.5 Å². The first-order valence-electron chi connectivity index (χ1n) is 14.1. The number of phenolic OH excluding ortho intramolecular Hbond substituents is 2. The van der Waals surface area contributed by atoms with Crippen LogP contribution in [0.25, 0.3) is 0 Å². The first kappa shape index (κ1) is 29.0. The van der Waals surface area contributed by atoms with E-state index in [1.54, 1.807) is 12.1 Å². The fourth-order valence-corrected chi connectivity index (χ4v) is 5.92. The minimum Gasteiger partial charge on any atom is -0.508 e. The van der Waals surface area contributed by atoms with Crippen LogP contribution in [0, 0.1) is 5.92 Å². The molecule has 5 atom stereocenters. The number of ether oxygens (including phenoxy) is 2. The van der Waals surface area contributed by atoms with Crippen molar-refractivity contribution in [1.29, 1.82) is 0 Å². The molecule has 1 saturated heterocycles. The van der Waals surface area contributed by atoms with Crippen LogP contribution in [0.4, 0.5) is 0 Å². The van der Waals surface area contributed by atoms with Gasteiger partial charge in [0.1, 0.15) is 23.7 Å². The lowest BCUT2D eigenvalue weighted by Gasteiger charge is -2.49. The van der Waals surface area contributed by atoms with Crippen LogP contribution in [0.2, 0.25) is 0 Å². The van der Waals surface area contributed by atoms with Crippen LogP contribution in [0.3, 0.4) is 0 Å². The number of rotatable bonds is 9. The minimum atomic E-state index is -0.856. The van der Waals surface area contributed by atoms with E-state index in [-0.39, 0.29) is 29.3 Å². The van der Waals surface area contributed by atoms with Crippen molar-refractivity contribution in [1.82, 2.24) is 0 Å². The molecule has 1 aromatic rings. The number of hydrogen-bond donors (Lipinski definition) is 4. The molecule has 3 aliphatic rings. The number of aromatic hydroxyl groups is 2. The predicted molar refractivity (Wildman–Crippen MR) is 153 cm³/mol. The van der Waals surface area contributed by atoms with E-state index in [1.807, 2.05) is 6.92 Å². The average Bonchev–Trinajstić information content (AvgIpc) is 2.84. The second-order valence-electron chi connectivity index (χ2n) is 11.8. The largest absolute Gasteiger partial charge is 0.508 e. The molecule has 6 heteroatoms. The summed E-state index contributed by atoms with van der Waals surface area (Å²) < 4.78 is 12.9. The number of fused-ring (bicyclic) bond motifs is 4. The first-order valence-corrected chi connectivity index (χ1v) is 14.1. The molecule has 39 heavy (non-hydrogen) atoms. The van der Waals surface area contributed by atoms with E-state index < -0.39 is 17.8 Å². The van der Waals surface area contributed by atoms with Crippen LogP contribution in [-0.4, -0.2) is 32.6 Å². The van der Waals surface area contributed by atoms with Gasteiger partial charge in [-0.25, -0.2) is 0 Å². The summed E-state index contributed by atoms with van der Waals surface area (Å²) in [6.45, 7) is 10.7. The van der Waals surface area contributed by atoms with Gasteiger partial charge in [-0.15, -0.1) is 0 Å². The lowest BCUT2D eigenvalue weighted by atomic mass is 9.76. The molecule has 1 fully saturated rings. The Bertz CT molecular complexity index is 1210. The topological polar surface area (TPSA) is 99.4 Å². The number of benzene rings is 1. The Hall–Kier alpha value is -2.96. The molecule has 0 aromatic heterocycles. The molecule has 2 aliphatic heterocycles. The summed E-state index contributed by atoms with van der Waals surface area (Å²) in [6.07, 6.45) is 14.4. The molecule has 212 valence electrons. The normalized spacial score (nSPS) is 28.4. The van der Waals surface area contributed by atoms with Gasteiger partial charge in [0.2, 0.25) is 0 Å². The number of allylic oxidation sites excluding steroid dienone is 7. The Balaban J connectivity index is 1.46. The smallest absolute Gasteiger partial charge is 0.157 e. The second kappa shape index (κ2) is 12.1. The van der Waals surface area contributed by atoms with Gasteiger partial charge in [-0.3, -0.25) is 0 Å². The molecule has 0 bridgehead atoms. The highest BCUT2D eigenvalue weighted by Gasteiger charge is 2.49. The van der Waals surface area contributed by atoms with E-state index in [2.05, 4.69) is 45.9 Å². The molecule has 6 nitrogen and oxygen atoms in total. The summed E-state index contributed by atoms with van der Waals surface area (Å²) in [7, 11) is 0. The molecule has 0 saturated carbocycles. The Labute approximate surface area is 232 Å². The van der Waals surface area contributed by atoms with E-state index >= 15 is 0 Å². The molecular formula is C33H44O6. The highest BCUT2D eigenvalue weighted by atomic mass is 16.6. The van der Waals surface area contributed by atoms with Crippen LogP contribution in [0.5, 0.6) is 11.5 Å². The molecule has 1 aromatic carbocycles. The SMILES string of the molecule is CC(C)=CCC/C(C)=C/CC/C(C)=C/CCC1(C)O[C@H]2CC3C(=CC(O)=CC3O)O[C@@H]2c2cc(O)c(O)cc21. The lowest BCUT2D eigenvalue weighted by molar-refractivity contribution is -0.188. The van der Waals surface area contributed by atoms with Gasteiger partial charge in [0.25, 0.3) is 0 Å². The van der Waals surface area contributed by atoms with Crippen LogP contribution < -0.4 is 0 Å². The molecule has 3 unspecified atom stereocenters. The summed E-state index contributed by atoms with van der Waals surface area (Å²) in [5.41, 5.74) is 4.98. The first-order chi connectivity index (χ1) is 18.5. The highest BCUT2D eigenvalue weighted by molar-refractivity contribution is 5.50. The third-order valence-electron chi connectivity index (χ3n) is 8.17. The Morgan fingerprint density at radius 3 is 2.28 bits per heavy atom. The Kier molecular flexibility index (Phi) is 8.97. The summed E-state index contributed by atoms with van der Waals surface area (Å²) in [4.78, 5) is 0. The molecule has 4 rings (SSSR count). The van der Waals surface area contributed by atoms with E-state index in [4.69, 9.17) is 9.47 Å². The summed E-state index contributed by atoms with van der Waals surface area (Å²) in [5, 5.41) is 41.2. The maximum absolute atomic E-state index is 10.5. The number of aliphatic hydroxyl groups excluding tert-OH is 2. The predicted octanol–water partition coefficient (Wildman–Crippen LogP) is 7.69. The zero-order chi connectivity index (χ0) is 28.3. The van der Waals surface area contributed by atoms with E-state index in [9.17, 15) is 20.4 Å². The third kappa shape index (κ3) is 6.79. The molecule has 0 radical (unpaired) electrons. The lowest BCUT2D eigenvalue weighted by Crippen LogP contribution is -2.47. The van der Waals surface area contributed by atoms with Gasteiger partial charge in [0.05, 0.1) is 11.7 Å². The fraction of sp³-hybridized carbons (Fsp3) is 0.515. The maximum atomic E-state index is 10.5. The maximum Gasteiger partial charge on any atom is 0.157 e. The van der Waals surface area contributed by atoms with Gasteiger partial charge < -0.3 is 29.9 Å². The van der Waals surface area contributed by atoms with Crippen molar-refractivity contribution in [3.63, 3.8) is 0 Å². The summed E-state index contributed by atoms with van der Waals surface area (Å²) >= 11 is 0. The molecule has 2 heterocycles. The van der Waals surface area contributed by atoms with Crippen LogP contribution in [0.1, 0.15) is 96.8 Å². The van der Waals surface area contributed by atoms with Gasteiger partial charge >= 0.3 is 0 Å². The summed E-state index contributed by atoms with van der Waals surface area (Å²) in [5.74, 6) is -0.224. The zero-order valence-electron chi connectivity index (χ0n) is 23.9. The van der Waals surface area contributed by atoms with Gasteiger partial charge in [0.15, 0.2) is 11.5 Å². The number of aliphatic hydroxyl groups is 2. The van der Waals surface area contributed by atoms with Gasteiger partial charge in [-0.2, -0.15) is 0 Å². The van der Waals surface area contributed by atoms with Crippen LogP contribution in [0.15, 0.2) is 70.8 Å². The van der Waals surface area contributed by atoms with Crippen molar-refractivity contribution < 1.29 is 29.9 Å².